The molecule has 21 heavy (non-hydrogen) atoms. The van der Waals surface area contributed by atoms with Crippen molar-refractivity contribution in [3.63, 3.8) is 0 Å². The molecule has 0 radical (unpaired) electrons. The van der Waals surface area contributed by atoms with Crippen LogP contribution in [-0.2, 0) is 11.3 Å². The van der Waals surface area contributed by atoms with Gasteiger partial charge >= 0.3 is 0 Å². The molecule has 0 aliphatic carbocycles. The molecule has 2 aromatic carbocycles. The molecule has 0 atom stereocenters. The summed E-state index contributed by atoms with van der Waals surface area (Å²) in [6, 6.07) is 12.9. The van der Waals surface area contributed by atoms with Crippen LogP contribution in [0.3, 0.4) is 0 Å². The summed E-state index contributed by atoms with van der Waals surface area (Å²) >= 11 is 5.90. The Kier molecular flexibility index (Phi) is 3.58. The number of aromatic nitrogens is 3. The number of benzene rings is 2. The summed E-state index contributed by atoms with van der Waals surface area (Å²) in [6.07, 6.45) is 0. The van der Waals surface area contributed by atoms with Crippen molar-refractivity contribution in [1.29, 1.82) is 0 Å². The third-order valence-electron chi connectivity index (χ3n) is 3.18. The molecule has 1 heterocycles. The number of carbonyl (C=O) groups excluding carboxylic acids is 1. The van der Waals surface area contributed by atoms with Crippen LogP contribution in [0.1, 0.15) is 5.56 Å². The number of anilines is 1. The van der Waals surface area contributed by atoms with Gasteiger partial charge in [0.15, 0.2) is 0 Å². The number of halogens is 1. The van der Waals surface area contributed by atoms with E-state index in [2.05, 4.69) is 15.6 Å². The second-order valence-corrected chi connectivity index (χ2v) is 5.18. The number of hydrogen-bond acceptors (Lipinski definition) is 3. The van der Waals surface area contributed by atoms with Crippen LogP contribution in [0, 0.1) is 6.92 Å². The first-order chi connectivity index (χ1) is 10.1. The van der Waals surface area contributed by atoms with E-state index in [0.717, 1.165) is 22.3 Å². The van der Waals surface area contributed by atoms with Gasteiger partial charge < -0.3 is 5.32 Å². The fourth-order valence-corrected chi connectivity index (χ4v) is 2.35. The Balaban J connectivity index is 1.77. The van der Waals surface area contributed by atoms with Crippen LogP contribution in [-0.4, -0.2) is 20.9 Å². The highest BCUT2D eigenvalue weighted by Gasteiger charge is 2.09. The summed E-state index contributed by atoms with van der Waals surface area (Å²) in [5, 5.41) is 11.5. The van der Waals surface area contributed by atoms with Crippen molar-refractivity contribution in [2.45, 2.75) is 13.5 Å². The zero-order chi connectivity index (χ0) is 14.8. The van der Waals surface area contributed by atoms with Gasteiger partial charge in [0.1, 0.15) is 12.1 Å². The van der Waals surface area contributed by atoms with Crippen molar-refractivity contribution in [3.05, 3.63) is 53.1 Å². The van der Waals surface area contributed by atoms with E-state index in [1.165, 1.54) is 0 Å². The molecule has 5 nitrogen and oxygen atoms in total. The lowest BCUT2D eigenvalue weighted by Crippen LogP contribution is -2.20. The van der Waals surface area contributed by atoms with E-state index in [1.807, 2.05) is 37.3 Å². The van der Waals surface area contributed by atoms with E-state index in [-0.39, 0.29) is 12.5 Å². The van der Waals surface area contributed by atoms with E-state index < -0.39 is 0 Å². The summed E-state index contributed by atoms with van der Waals surface area (Å²) in [5.41, 5.74) is 3.27. The van der Waals surface area contributed by atoms with Gasteiger partial charge in [-0.05, 0) is 42.8 Å². The molecule has 1 aromatic heterocycles. The van der Waals surface area contributed by atoms with Crippen LogP contribution >= 0.6 is 11.6 Å². The van der Waals surface area contributed by atoms with Gasteiger partial charge in [-0.25, -0.2) is 4.68 Å². The maximum absolute atomic E-state index is 12.1. The van der Waals surface area contributed by atoms with Gasteiger partial charge in [-0.1, -0.05) is 28.9 Å². The molecular weight excluding hydrogens is 288 g/mol. The van der Waals surface area contributed by atoms with E-state index in [0.29, 0.717) is 5.02 Å². The lowest BCUT2D eigenvalue weighted by molar-refractivity contribution is -0.116. The number of nitrogens with zero attached hydrogens (tertiary/aromatic N) is 3. The Morgan fingerprint density at radius 3 is 2.90 bits per heavy atom. The number of hydrogen-bond donors (Lipinski definition) is 1. The first-order valence-corrected chi connectivity index (χ1v) is 6.85. The van der Waals surface area contributed by atoms with E-state index in [9.17, 15) is 4.79 Å². The number of carbonyl (C=O) groups is 1. The highest BCUT2D eigenvalue weighted by atomic mass is 35.5. The first-order valence-electron chi connectivity index (χ1n) is 6.48. The standard InChI is InChI=1S/C15H13ClN4O/c1-10-8-11(16)6-7-12(10)17-15(21)9-20-14-5-3-2-4-13(14)18-19-20/h2-8H,9H2,1H3,(H,17,21). The van der Waals surface area contributed by atoms with Gasteiger partial charge in [0.05, 0.1) is 5.52 Å². The zero-order valence-corrected chi connectivity index (χ0v) is 12.1. The molecule has 0 saturated carbocycles. The molecule has 0 aliphatic heterocycles. The van der Waals surface area contributed by atoms with Crippen molar-refractivity contribution in [1.82, 2.24) is 15.0 Å². The van der Waals surface area contributed by atoms with Gasteiger partial charge in [-0.15, -0.1) is 5.10 Å². The summed E-state index contributed by atoms with van der Waals surface area (Å²) < 4.78 is 1.58. The van der Waals surface area contributed by atoms with E-state index in [1.54, 1.807) is 16.8 Å². The number of fused-ring (bicyclic) bond motifs is 1. The fraction of sp³-hybridized carbons (Fsp3) is 0.133. The molecule has 0 spiro atoms. The second kappa shape index (κ2) is 5.54. The van der Waals surface area contributed by atoms with Gasteiger partial charge in [0, 0.05) is 10.7 Å². The summed E-state index contributed by atoms with van der Waals surface area (Å²) in [4.78, 5) is 12.1. The Bertz CT molecular complexity index is 812. The fourth-order valence-electron chi connectivity index (χ4n) is 2.13. The van der Waals surface area contributed by atoms with E-state index in [4.69, 9.17) is 11.6 Å². The van der Waals surface area contributed by atoms with Crippen LogP contribution in [0.25, 0.3) is 11.0 Å². The monoisotopic (exact) mass is 300 g/mol. The lowest BCUT2D eigenvalue weighted by atomic mass is 10.2. The molecule has 1 amide bonds. The topological polar surface area (TPSA) is 59.8 Å². The molecule has 3 aromatic rings. The maximum atomic E-state index is 12.1. The molecule has 0 fully saturated rings. The van der Waals surface area contributed by atoms with Gasteiger partial charge in [-0.3, -0.25) is 4.79 Å². The van der Waals surface area contributed by atoms with Crippen LogP contribution in [0.2, 0.25) is 5.02 Å². The molecule has 6 heteroatoms. The predicted molar refractivity (Wildman–Crippen MR) is 82.3 cm³/mol. The molecule has 106 valence electrons. The van der Waals surface area contributed by atoms with Crippen molar-refractivity contribution >= 4 is 34.2 Å². The van der Waals surface area contributed by atoms with Crippen molar-refractivity contribution < 1.29 is 4.79 Å². The van der Waals surface area contributed by atoms with Crippen molar-refractivity contribution in [3.8, 4) is 0 Å². The normalized spacial score (nSPS) is 10.8. The SMILES string of the molecule is Cc1cc(Cl)ccc1NC(=O)Cn1nnc2ccccc21. The average molecular weight is 301 g/mol. The van der Waals surface area contributed by atoms with Crippen LogP contribution in [0.4, 0.5) is 5.69 Å². The van der Waals surface area contributed by atoms with Crippen molar-refractivity contribution in [2.24, 2.45) is 0 Å². The molecule has 1 N–H and O–H groups in total. The minimum absolute atomic E-state index is 0.114. The smallest absolute Gasteiger partial charge is 0.246 e. The summed E-state index contributed by atoms with van der Waals surface area (Å²) in [7, 11) is 0. The highest BCUT2D eigenvalue weighted by Crippen LogP contribution is 2.19. The summed E-state index contributed by atoms with van der Waals surface area (Å²) in [6.45, 7) is 2.01. The lowest BCUT2D eigenvalue weighted by Gasteiger charge is -2.08. The number of para-hydroxylation sites is 1. The van der Waals surface area contributed by atoms with E-state index >= 15 is 0 Å². The van der Waals surface area contributed by atoms with Gasteiger partial charge in [0.25, 0.3) is 0 Å². The van der Waals surface area contributed by atoms with Gasteiger partial charge in [0.2, 0.25) is 5.91 Å². The molecular formula is C15H13ClN4O. The minimum Gasteiger partial charge on any atom is -0.324 e. The Labute approximate surface area is 126 Å². The van der Waals surface area contributed by atoms with Crippen LogP contribution in [0.15, 0.2) is 42.5 Å². The maximum Gasteiger partial charge on any atom is 0.246 e. The number of rotatable bonds is 3. The number of nitrogens with one attached hydrogen (secondary N) is 1. The van der Waals surface area contributed by atoms with Crippen LogP contribution < -0.4 is 5.32 Å². The Hall–Kier alpha value is -2.40. The van der Waals surface area contributed by atoms with Gasteiger partial charge in [-0.2, -0.15) is 0 Å². The minimum atomic E-state index is -0.156. The third kappa shape index (κ3) is 2.87. The molecule has 0 aliphatic rings. The zero-order valence-electron chi connectivity index (χ0n) is 11.4. The quantitative estimate of drug-likeness (QED) is 0.809. The average Bonchev–Trinajstić information content (AvgIpc) is 2.85. The van der Waals surface area contributed by atoms with Crippen molar-refractivity contribution in [2.75, 3.05) is 5.32 Å². The Morgan fingerprint density at radius 1 is 1.29 bits per heavy atom. The predicted octanol–water partition coefficient (Wildman–Crippen LogP) is 3.03. The summed E-state index contributed by atoms with van der Waals surface area (Å²) in [5.74, 6) is -0.156. The van der Waals surface area contributed by atoms with Crippen LogP contribution in [0.5, 0.6) is 0 Å². The Morgan fingerprint density at radius 2 is 2.10 bits per heavy atom. The first kappa shape index (κ1) is 13.6. The largest absolute Gasteiger partial charge is 0.324 e. The number of aryl methyl sites for hydroxylation is 1. The molecule has 0 saturated heterocycles. The molecule has 0 bridgehead atoms. The number of amides is 1. The second-order valence-electron chi connectivity index (χ2n) is 4.74. The highest BCUT2D eigenvalue weighted by molar-refractivity contribution is 6.30. The third-order valence-corrected chi connectivity index (χ3v) is 3.41. The molecule has 3 rings (SSSR count). The molecule has 0 unspecified atom stereocenters.